The molecule has 0 aliphatic carbocycles. The molecule has 0 saturated carbocycles. The number of rotatable bonds is 6. The van der Waals surface area contributed by atoms with Crippen molar-refractivity contribution < 1.29 is 9.18 Å². The van der Waals surface area contributed by atoms with Crippen LogP contribution >= 0.6 is 11.8 Å². The monoisotopic (exact) mass is 373 g/mol. The molecule has 1 aliphatic rings. The van der Waals surface area contributed by atoms with E-state index in [1.54, 1.807) is 11.8 Å². The van der Waals surface area contributed by atoms with E-state index in [0.29, 0.717) is 6.54 Å². The Hall–Kier alpha value is -2.05. The van der Waals surface area contributed by atoms with Crippen molar-refractivity contribution in [3.8, 4) is 0 Å². The van der Waals surface area contributed by atoms with Gasteiger partial charge in [0.1, 0.15) is 5.82 Å². The summed E-state index contributed by atoms with van der Waals surface area (Å²) in [7, 11) is 0. The number of carbonyl (C=O) groups excluding carboxylic acids is 1. The Morgan fingerprint density at radius 3 is 2.46 bits per heavy atom. The second-order valence-corrected chi connectivity index (χ2v) is 7.11. The number of hydrogen-bond donors (Lipinski definition) is 1. The molecule has 2 aromatic rings. The van der Waals surface area contributed by atoms with Crippen molar-refractivity contribution in [2.45, 2.75) is 4.90 Å². The molecule has 6 heteroatoms. The minimum absolute atomic E-state index is 0.0140. The van der Waals surface area contributed by atoms with Crippen molar-refractivity contribution in [3.05, 3.63) is 59.9 Å². The van der Waals surface area contributed by atoms with Crippen LogP contribution in [0.5, 0.6) is 0 Å². The van der Waals surface area contributed by atoms with Crippen molar-refractivity contribution in [2.75, 3.05) is 50.4 Å². The van der Waals surface area contributed by atoms with Crippen LogP contribution in [0.2, 0.25) is 0 Å². The summed E-state index contributed by atoms with van der Waals surface area (Å²) in [6.07, 6.45) is 1.98. The molecular formula is C20H24FN3OS. The molecule has 0 radical (unpaired) electrons. The van der Waals surface area contributed by atoms with E-state index >= 15 is 0 Å². The number of amides is 1. The molecule has 0 atom stereocenters. The van der Waals surface area contributed by atoms with E-state index in [2.05, 4.69) is 15.1 Å². The predicted octanol–water partition coefficient (Wildman–Crippen LogP) is 3.10. The summed E-state index contributed by atoms with van der Waals surface area (Å²) in [5, 5.41) is 3.02. The fraction of sp³-hybridized carbons (Fsp3) is 0.350. The Bertz CT molecular complexity index is 730. The van der Waals surface area contributed by atoms with E-state index in [4.69, 9.17) is 0 Å². The highest BCUT2D eigenvalue weighted by Gasteiger charge is 2.17. The predicted molar refractivity (Wildman–Crippen MR) is 106 cm³/mol. The van der Waals surface area contributed by atoms with Crippen molar-refractivity contribution >= 4 is 23.4 Å². The molecule has 2 aromatic carbocycles. The minimum Gasteiger partial charge on any atom is -0.369 e. The molecule has 0 bridgehead atoms. The largest absolute Gasteiger partial charge is 0.369 e. The first-order valence-electron chi connectivity index (χ1n) is 8.81. The molecule has 0 spiro atoms. The topological polar surface area (TPSA) is 35.6 Å². The lowest BCUT2D eigenvalue weighted by Gasteiger charge is -2.36. The van der Waals surface area contributed by atoms with Gasteiger partial charge in [0.25, 0.3) is 5.91 Å². The zero-order valence-corrected chi connectivity index (χ0v) is 15.8. The number of anilines is 1. The first-order chi connectivity index (χ1) is 12.7. The number of thioether (sulfide) groups is 1. The van der Waals surface area contributed by atoms with Crippen molar-refractivity contribution in [3.63, 3.8) is 0 Å². The maximum atomic E-state index is 13.0. The van der Waals surface area contributed by atoms with Crippen LogP contribution in [0.15, 0.2) is 53.4 Å². The molecule has 1 amide bonds. The molecule has 1 fully saturated rings. The van der Waals surface area contributed by atoms with Gasteiger partial charge in [-0.05, 0) is 42.7 Å². The van der Waals surface area contributed by atoms with Crippen LogP contribution < -0.4 is 10.2 Å². The molecular weight excluding hydrogens is 349 g/mol. The number of benzene rings is 2. The first kappa shape index (κ1) is 18.7. The smallest absolute Gasteiger partial charge is 0.252 e. The summed E-state index contributed by atoms with van der Waals surface area (Å²) in [6.45, 7) is 5.18. The SMILES string of the molecule is CSc1ccccc1C(=O)NCCN1CCN(c2ccc(F)cc2)CC1. The fourth-order valence-electron chi connectivity index (χ4n) is 3.14. The van der Waals surface area contributed by atoms with Gasteiger partial charge in [0.2, 0.25) is 0 Å². The molecule has 4 nitrogen and oxygen atoms in total. The van der Waals surface area contributed by atoms with Gasteiger partial charge in [-0.3, -0.25) is 9.69 Å². The second kappa shape index (κ2) is 9.05. The molecule has 26 heavy (non-hydrogen) atoms. The lowest BCUT2D eigenvalue weighted by Crippen LogP contribution is -2.48. The normalized spacial score (nSPS) is 15.1. The molecule has 138 valence electrons. The third kappa shape index (κ3) is 4.77. The van der Waals surface area contributed by atoms with Crippen LogP contribution in [0.25, 0.3) is 0 Å². The summed E-state index contributed by atoms with van der Waals surface area (Å²) >= 11 is 1.58. The zero-order valence-electron chi connectivity index (χ0n) is 15.0. The lowest BCUT2D eigenvalue weighted by molar-refractivity contribution is 0.0945. The van der Waals surface area contributed by atoms with Crippen LogP contribution in [0, 0.1) is 5.82 Å². The van der Waals surface area contributed by atoms with E-state index < -0.39 is 0 Å². The number of hydrogen-bond acceptors (Lipinski definition) is 4. The molecule has 1 aliphatic heterocycles. The molecule has 1 N–H and O–H groups in total. The van der Waals surface area contributed by atoms with Crippen LogP contribution in [0.3, 0.4) is 0 Å². The Morgan fingerprint density at radius 2 is 1.77 bits per heavy atom. The zero-order chi connectivity index (χ0) is 18.4. The molecule has 3 rings (SSSR count). The quantitative estimate of drug-likeness (QED) is 0.790. The van der Waals surface area contributed by atoms with E-state index in [-0.39, 0.29) is 11.7 Å². The second-order valence-electron chi connectivity index (χ2n) is 6.26. The van der Waals surface area contributed by atoms with Gasteiger partial charge in [0.15, 0.2) is 0 Å². The van der Waals surface area contributed by atoms with E-state index in [0.717, 1.165) is 48.9 Å². The van der Waals surface area contributed by atoms with Crippen LogP contribution in [0.4, 0.5) is 10.1 Å². The summed E-state index contributed by atoms with van der Waals surface area (Å²) in [5.74, 6) is -0.217. The highest BCUT2D eigenvalue weighted by atomic mass is 32.2. The fourth-order valence-corrected chi connectivity index (χ4v) is 3.73. The number of halogens is 1. The van der Waals surface area contributed by atoms with Crippen molar-refractivity contribution in [2.24, 2.45) is 0 Å². The number of piperazine rings is 1. The Labute approximate surface area is 158 Å². The van der Waals surface area contributed by atoms with Gasteiger partial charge in [0, 0.05) is 49.9 Å². The van der Waals surface area contributed by atoms with Crippen LogP contribution in [-0.4, -0.2) is 56.3 Å². The minimum atomic E-state index is -0.203. The summed E-state index contributed by atoms with van der Waals surface area (Å²) in [5.41, 5.74) is 1.80. The van der Waals surface area contributed by atoms with Gasteiger partial charge in [0.05, 0.1) is 5.56 Å². The number of nitrogens with zero attached hydrogens (tertiary/aromatic N) is 2. The summed E-state index contributed by atoms with van der Waals surface area (Å²) < 4.78 is 13.0. The van der Waals surface area contributed by atoms with Gasteiger partial charge in [-0.2, -0.15) is 0 Å². The molecule has 1 heterocycles. The van der Waals surface area contributed by atoms with E-state index in [9.17, 15) is 9.18 Å². The Balaban J connectivity index is 1.42. The summed E-state index contributed by atoms with van der Waals surface area (Å²) in [4.78, 5) is 18.0. The average Bonchev–Trinajstić information content (AvgIpc) is 2.69. The maximum Gasteiger partial charge on any atom is 0.252 e. The number of nitrogens with one attached hydrogen (secondary N) is 1. The van der Waals surface area contributed by atoms with E-state index in [1.165, 1.54) is 12.1 Å². The highest BCUT2D eigenvalue weighted by Crippen LogP contribution is 2.19. The Morgan fingerprint density at radius 1 is 1.08 bits per heavy atom. The van der Waals surface area contributed by atoms with Crippen LogP contribution in [0.1, 0.15) is 10.4 Å². The Kier molecular flexibility index (Phi) is 6.52. The third-order valence-electron chi connectivity index (χ3n) is 4.63. The maximum absolute atomic E-state index is 13.0. The lowest BCUT2D eigenvalue weighted by atomic mass is 10.2. The van der Waals surface area contributed by atoms with Gasteiger partial charge < -0.3 is 10.2 Å². The van der Waals surface area contributed by atoms with Gasteiger partial charge in [-0.1, -0.05) is 12.1 Å². The van der Waals surface area contributed by atoms with Crippen molar-refractivity contribution in [1.82, 2.24) is 10.2 Å². The standard InChI is InChI=1S/C20H24FN3OS/c1-26-19-5-3-2-4-18(19)20(25)22-10-11-23-12-14-24(15-13-23)17-8-6-16(21)7-9-17/h2-9H,10-15H2,1H3,(H,22,25). The van der Waals surface area contributed by atoms with Crippen LogP contribution in [-0.2, 0) is 0 Å². The number of carbonyl (C=O) groups is 1. The first-order valence-corrected chi connectivity index (χ1v) is 10.0. The van der Waals surface area contributed by atoms with Crippen molar-refractivity contribution in [1.29, 1.82) is 0 Å². The molecule has 0 aromatic heterocycles. The van der Waals surface area contributed by atoms with Gasteiger partial charge in [-0.15, -0.1) is 11.8 Å². The summed E-state index contributed by atoms with van der Waals surface area (Å²) in [6, 6.07) is 14.3. The molecule has 1 saturated heterocycles. The van der Waals surface area contributed by atoms with E-state index in [1.807, 2.05) is 42.7 Å². The third-order valence-corrected chi connectivity index (χ3v) is 5.43. The van der Waals surface area contributed by atoms with Gasteiger partial charge in [-0.25, -0.2) is 4.39 Å². The van der Waals surface area contributed by atoms with Gasteiger partial charge >= 0.3 is 0 Å². The highest BCUT2D eigenvalue weighted by molar-refractivity contribution is 7.98. The average molecular weight is 373 g/mol. The molecule has 0 unspecified atom stereocenters.